The van der Waals surface area contributed by atoms with Crippen LogP contribution in [0.15, 0.2) is 11.5 Å². The summed E-state index contributed by atoms with van der Waals surface area (Å²) in [7, 11) is 0. The van der Waals surface area contributed by atoms with Crippen molar-refractivity contribution in [1.29, 1.82) is 5.41 Å². The standard InChI is InChI=1S/C13H21N7O.2C2H6/c1-7(14)10-12(16)17-6-18-13(10)19-9-4-2-8(3-5-9)11(15)20-21;2*1-2/h6,8-9,14,21H,2-5H2,1H3,(H2,15,20)(H3,16,17,18,19);2*1-2H3. The molecule has 0 amide bonds. The largest absolute Gasteiger partial charge is 0.409 e. The lowest BCUT2D eigenvalue weighted by Crippen LogP contribution is -2.33. The van der Waals surface area contributed by atoms with Crippen LogP contribution >= 0.6 is 0 Å². The maximum Gasteiger partial charge on any atom is 0.142 e. The second kappa shape index (κ2) is 12.0. The van der Waals surface area contributed by atoms with Gasteiger partial charge in [0.15, 0.2) is 0 Å². The fourth-order valence-electron chi connectivity index (χ4n) is 2.69. The average molecular weight is 351 g/mol. The molecule has 1 saturated carbocycles. The second-order valence-corrected chi connectivity index (χ2v) is 5.33. The van der Waals surface area contributed by atoms with E-state index in [-0.39, 0.29) is 12.0 Å². The second-order valence-electron chi connectivity index (χ2n) is 5.33. The number of oxime groups is 1. The average Bonchev–Trinajstić information content (AvgIpc) is 2.65. The third kappa shape index (κ3) is 6.56. The van der Waals surface area contributed by atoms with Gasteiger partial charge in [-0.3, -0.25) is 0 Å². The Hall–Kier alpha value is -2.38. The molecule has 1 aliphatic rings. The molecule has 1 heterocycles. The number of nitrogen functional groups attached to an aromatic ring is 1. The lowest BCUT2D eigenvalue weighted by atomic mass is 9.85. The maximum atomic E-state index is 8.71. The Labute approximate surface area is 150 Å². The smallest absolute Gasteiger partial charge is 0.142 e. The predicted molar refractivity (Wildman–Crippen MR) is 104 cm³/mol. The Kier molecular flexibility index (Phi) is 10.9. The van der Waals surface area contributed by atoms with Crippen LogP contribution in [0.4, 0.5) is 11.6 Å². The zero-order valence-electron chi connectivity index (χ0n) is 16.0. The van der Waals surface area contributed by atoms with Crippen LogP contribution in [0, 0.1) is 11.3 Å². The minimum Gasteiger partial charge on any atom is -0.409 e. The molecule has 8 nitrogen and oxygen atoms in total. The summed E-state index contributed by atoms with van der Waals surface area (Å²) in [4.78, 5) is 8.12. The molecule has 0 bridgehead atoms. The van der Waals surface area contributed by atoms with Gasteiger partial charge < -0.3 is 27.4 Å². The minimum absolute atomic E-state index is 0.132. The molecule has 8 heteroatoms. The van der Waals surface area contributed by atoms with E-state index in [2.05, 4.69) is 20.4 Å². The first kappa shape index (κ1) is 22.6. The van der Waals surface area contributed by atoms with Crippen molar-refractivity contribution in [3.05, 3.63) is 11.9 Å². The van der Waals surface area contributed by atoms with Gasteiger partial charge in [0.1, 0.15) is 23.8 Å². The highest BCUT2D eigenvalue weighted by Crippen LogP contribution is 2.28. The van der Waals surface area contributed by atoms with Gasteiger partial charge in [0.2, 0.25) is 0 Å². The minimum atomic E-state index is 0.132. The van der Waals surface area contributed by atoms with Gasteiger partial charge in [-0.25, -0.2) is 9.97 Å². The quantitative estimate of drug-likeness (QED) is 0.243. The zero-order valence-corrected chi connectivity index (χ0v) is 16.0. The van der Waals surface area contributed by atoms with Crippen molar-refractivity contribution in [3.63, 3.8) is 0 Å². The van der Waals surface area contributed by atoms with E-state index < -0.39 is 0 Å². The molecular weight excluding hydrogens is 318 g/mol. The third-order valence-electron chi connectivity index (χ3n) is 3.85. The Morgan fingerprint density at radius 1 is 1.20 bits per heavy atom. The third-order valence-corrected chi connectivity index (χ3v) is 3.85. The molecule has 0 aromatic carbocycles. The highest BCUT2D eigenvalue weighted by molar-refractivity contribution is 6.04. The highest BCUT2D eigenvalue weighted by atomic mass is 16.4. The lowest BCUT2D eigenvalue weighted by Gasteiger charge is -2.29. The molecule has 1 aromatic heterocycles. The van der Waals surface area contributed by atoms with E-state index in [0.29, 0.717) is 28.7 Å². The van der Waals surface area contributed by atoms with Crippen molar-refractivity contribution in [2.75, 3.05) is 11.1 Å². The summed E-state index contributed by atoms with van der Waals surface area (Å²) >= 11 is 0. The SMILES string of the molecule is CC.CC.CC(=N)c1c(N)ncnc1NC1CCC(/C(N)=N/O)CC1. The summed E-state index contributed by atoms with van der Waals surface area (Å²) in [6, 6.07) is 0.236. The number of nitrogens with two attached hydrogens (primary N) is 2. The Morgan fingerprint density at radius 3 is 2.24 bits per heavy atom. The number of aromatic nitrogens is 2. The molecule has 7 N–H and O–H groups in total. The molecule has 0 saturated heterocycles. The van der Waals surface area contributed by atoms with Crippen LogP contribution < -0.4 is 16.8 Å². The molecule has 0 spiro atoms. The van der Waals surface area contributed by atoms with Gasteiger partial charge in [-0.1, -0.05) is 32.9 Å². The topological polar surface area (TPSA) is 146 Å². The monoisotopic (exact) mass is 351 g/mol. The number of hydrogen-bond acceptors (Lipinski definition) is 7. The van der Waals surface area contributed by atoms with Gasteiger partial charge in [0, 0.05) is 17.7 Å². The summed E-state index contributed by atoms with van der Waals surface area (Å²) in [6.07, 6.45) is 4.88. The Balaban J connectivity index is 0.00000134. The number of anilines is 2. The first-order valence-electron chi connectivity index (χ1n) is 8.92. The van der Waals surface area contributed by atoms with Gasteiger partial charge in [0.05, 0.1) is 5.56 Å². The van der Waals surface area contributed by atoms with Crippen molar-refractivity contribution in [3.8, 4) is 0 Å². The Bertz CT molecular complexity index is 552. The fraction of sp³-hybridized carbons (Fsp3) is 0.647. The molecule has 1 aliphatic carbocycles. The summed E-state index contributed by atoms with van der Waals surface area (Å²) in [5.74, 6) is 1.34. The number of amidine groups is 1. The van der Waals surface area contributed by atoms with Crippen LogP contribution in [0.2, 0.25) is 0 Å². The molecule has 0 radical (unpaired) electrons. The molecule has 1 fully saturated rings. The van der Waals surface area contributed by atoms with Crippen molar-refractivity contribution in [2.24, 2.45) is 16.8 Å². The molecule has 0 atom stereocenters. The number of rotatable bonds is 4. The first-order valence-corrected chi connectivity index (χ1v) is 8.92. The van der Waals surface area contributed by atoms with E-state index in [0.717, 1.165) is 25.7 Å². The van der Waals surface area contributed by atoms with Crippen LogP contribution in [0.25, 0.3) is 0 Å². The van der Waals surface area contributed by atoms with E-state index >= 15 is 0 Å². The molecule has 2 rings (SSSR count). The van der Waals surface area contributed by atoms with Gasteiger partial charge in [0.25, 0.3) is 0 Å². The highest BCUT2D eigenvalue weighted by Gasteiger charge is 2.25. The van der Waals surface area contributed by atoms with Crippen LogP contribution in [0.1, 0.15) is 65.9 Å². The number of nitrogens with zero attached hydrogens (tertiary/aromatic N) is 3. The molecular formula is C17H33N7O. The molecule has 0 aliphatic heterocycles. The summed E-state index contributed by atoms with van der Waals surface area (Å²) in [5, 5.41) is 22.9. The number of nitrogens with one attached hydrogen (secondary N) is 2. The fourth-order valence-corrected chi connectivity index (χ4v) is 2.69. The van der Waals surface area contributed by atoms with E-state index in [1.807, 2.05) is 27.7 Å². The number of hydrogen-bond donors (Lipinski definition) is 5. The van der Waals surface area contributed by atoms with Gasteiger partial charge >= 0.3 is 0 Å². The van der Waals surface area contributed by atoms with E-state index in [1.165, 1.54) is 6.33 Å². The van der Waals surface area contributed by atoms with Crippen molar-refractivity contribution >= 4 is 23.2 Å². The van der Waals surface area contributed by atoms with Crippen LogP contribution in [-0.2, 0) is 0 Å². The Morgan fingerprint density at radius 2 is 1.76 bits per heavy atom. The summed E-state index contributed by atoms with van der Waals surface area (Å²) < 4.78 is 0. The van der Waals surface area contributed by atoms with E-state index in [9.17, 15) is 0 Å². The molecule has 1 aromatic rings. The van der Waals surface area contributed by atoms with Crippen molar-refractivity contribution in [1.82, 2.24) is 9.97 Å². The first-order chi connectivity index (χ1) is 12.0. The lowest BCUT2D eigenvalue weighted by molar-refractivity contribution is 0.307. The molecule has 25 heavy (non-hydrogen) atoms. The summed E-state index contributed by atoms with van der Waals surface area (Å²) in [6.45, 7) is 9.66. The van der Waals surface area contributed by atoms with Crippen LogP contribution in [0.5, 0.6) is 0 Å². The maximum absolute atomic E-state index is 8.71. The van der Waals surface area contributed by atoms with E-state index in [1.54, 1.807) is 6.92 Å². The zero-order chi connectivity index (χ0) is 19.4. The molecule has 0 unspecified atom stereocenters. The van der Waals surface area contributed by atoms with Crippen LogP contribution in [0.3, 0.4) is 0 Å². The van der Waals surface area contributed by atoms with E-state index in [4.69, 9.17) is 22.1 Å². The molecule has 142 valence electrons. The van der Waals surface area contributed by atoms with Crippen molar-refractivity contribution < 1.29 is 5.21 Å². The summed E-state index contributed by atoms with van der Waals surface area (Å²) in [5.41, 5.74) is 12.3. The van der Waals surface area contributed by atoms with Gasteiger partial charge in [-0.05, 0) is 32.6 Å². The van der Waals surface area contributed by atoms with Gasteiger partial charge in [-0.15, -0.1) is 0 Å². The van der Waals surface area contributed by atoms with Crippen LogP contribution in [-0.4, -0.2) is 32.8 Å². The predicted octanol–water partition coefficient (Wildman–Crippen LogP) is 3.22. The van der Waals surface area contributed by atoms with Crippen molar-refractivity contribution in [2.45, 2.75) is 66.3 Å². The normalized spacial score (nSPS) is 19.6. The van der Waals surface area contributed by atoms with Gasteiger partial charge in [-0.2, -0.15) is 0 Å².